The molecule has 1 aromatic heterocycles. The van der Waals surface area contributed by atoms with Crippen molar-refractivity contribution in [1.29, 1.82) is 5.26 Å². The zero-order valence-electron chi connectivity index (χ0n) is 7.38. The van der Waals surface area contributed by atoms with Crippen LogP contribution in [-0.4, -0.2) is 33.8 Å². The average molecular weight is 200 g/mol. The van der Waals surface area contributed by atoms with E-state index in [0.29, 0.717) is 5.70 Å². The number of rotatable bonds is 2. The topological polar surface area (TPSA) is 57.7 Å². The molecule has 13 heavy (non-hydrogen) atoms. The van der Waals surface area contributed by atoms with Gasteiger partial charge in [-0.25, -0.2) is 9.67 Å². The molecule has 5 nitrogen and oxygen atoms in total. The molecule has 0 aliphatic carbocycles. The summed E-state index contributed by atoms with van der Waals surface area (Å²) in [6.07, 6.45) is 4.55. The molecule has 0 spiro atoms. The molecule has 6 heteroatoms. The molecule has 0 aromatic carbocycles. The van der Waals surface area contributed by atoms with Crippen molar-refractivity contribution in [3.63, 3.8) is 0 Å². The fourth-order valence-electron chi connectivity index (χ4n) is 0.716. The van der Waals surface area contributed by atoms with Crippen LogP contribution in [0.15, 0.2) is 18.9 Å². The summed E-state index contributed by atoms with van der Waals surface area (Å²) in [6.45, 7) is 0. The number of nitriles is 1. The van der Waals surface area contributed by atoms with Crippen molar-refractivity contribution in [3.8, 4) is 6.07 Å². The summed E-state index contributed by atoms with van der Waals surface area (Å²) < 4.78 is 1.42. The lowest BCUT2D eigenvalue weighted by atomic mass is 10.5. The highest BCUT2D eigenvalue weighted by Crippen LogP contribution is 1.99. The van der Waals surface area contributed by atoms with E-state index in [0.717, 1.165) is 0 Å². The summed E-state index contributed by atoms with van der Waals surface area (Å²) in [4.78, 5) is 5.52. The summed E-state index contributed by atoms with van der Waals surface area (Å²) >= 11 is 0. The molecule has 0 aliphatic heterocycles. The van der Waals surface area contributed by atoms with E-state index >= 15 is 0 Å². The second-order valence-electron chi connectivity index (χ2n) is 2.43. The fourth-order valence-corrected chi connectivity index (χ4v) is 0.716. The van der Waals surface area contributed by atoms with Gasteiger partial charge >= 0.3 is 0 Å². The van der Waals surface area contributed by atoms with Gasteiger partial charge in [-0.3, -0.25) is 0 Å². The predicted octanol–water partition coefficient (Wildman–Crippen LogP) is 0.583. The van der Waals surface area contributed by atoms with Gasteiger partial charge in [-0.05, 0) is 0 Å². The summed E-state index contributed by atoms with van der Waals surface area (Å²) in [6, 6.07) is 2.02. The van der Waals surface area contributed by atoms with Crippen LogP contribution in [0.3, 0.4) is 0 Å². The standard InChI is InChI=1S/C7H9N5.ClH/c1-11(2)4-7(3-8)12-6-9-5-10-12;/h4-6H,1-2H3;1H. The molecular weight excluding hydrogens is 190 g/mol. The maximum atomic E-state index is 8.71. The Labute approximate surface area is 82.7 Å². The zero-order chi connectivity index (χ0) is 8.97. The molecule has 0 atom stereocenters. The van der Waals surface area contributed by atoms with Crippen molar-refractivity contribution in [3.05, 3.63) is 18.9 Å². The molecule has 0 fully saturated rings. The third kappa shape index (κ3) is 3.13. The van der Waals surface area contributed by atoms with Crippen molar-refractivity contribution in [2.24, 2.45) is 0 Å². The van der Waals surface area contributed by atoms with Gasteiger partial charge in [0.15, 0.2) is 5.70 Å². The number of hydrogen-bond acceptors (Lipinski definition) is 4. The van der Waals surface area contributed by atoms with E-state index in [1.54, 1.807) is 11.1 Å². The SMILES string of the molecule is CN(C)C=C(C#N)n1cncn1.Cl. The second-order valence-corrected chi connectivity index (χ2v) is 2.43. The number of halogens is 1. The van der Waals surface area contributed by atoms with Gasteiger partial charge < -0.3 is 4.90 Å². The highest BCUT2D eigenvalue weighted by atomic mass is 35.5. The number of nitrogens with zero attached hydrogens (tertiary/aromatic N) is 5. The number of allylic oxidation sites excluding steroid dienone is 1. The van der Waals surface area contributed by atoms with E-state index in [2.05, 4.69) is 10.1 Å². The molecule has 1 heterocycles. The monoisotopic (exact) mass is 199 g/mol. The summed E-state index contributed by atoms with van der Waals surface area (Å²) in [5.74, 6) is 0. The molecule has 1 aromatic rings. The summed E-state index contributed by atoms with van der Waals surface area (Å²) in [7, 11) is 3.68. The van der Waals surface area contributed by atoms with Crippen LogP contribution in [0.5, 0.6) is 0 Å². The van der Waals surface area contributed by atoms with E-state index in [1.165, 1.54) is 17.3 Å². The van der Waals surface area contributed by atoms with Gasteiger partial charge in [0, 0.05) is 20.3 Å². The van der Waals surface area contributed by atoms with Gasteiger partial charge in [-0.2, -0.15) is 10.4 Å². The van der Waals surface area contributed by atoms with Crippen LogP contribution in [0.2, 0.25) is 0 Å². The van der Waals surface area contributed by atoms with E-state index in [4.69, 9.17) is 5.26 Å². The highest BCUT2D eigenvalue weighted by Gasteiger charge is 1.98. The third-order valence-electron chi connectivity index (χ3n) is 1.16. The molecule has 0 bridgehead atoms. The summed E-state index contributed by atoms with van der Waals surface area (Å²) in [5.41, 5.74) is 0.442. The molecule has 0 amide bonds. The van der Waals surface area contributed by atoms with Gasteiger partial charge in [-0.15, -0.1) is 12.4 Å². The van der Waals surface area contributed by atoms with Crippen LogP contribution >= 0.6 is 12.4 Å². The van der Waals surface area contributed by atoms with Crippen LogP contribution in [0.4, 0.5) is 0 Å². The zero-order valence-corrected chi connectivity index (χ0v) is 8.19. The molecule has 0 radical (unpaired) electrons. The van der Waals surface area contributed by atoms with Crippen LogP contribution in [0.1, 0.15) is 0 Å². The first-order valence-corrected chi connectivity index (χ1v) is 3.37. The Balaban J connectivity index is 0.00000144. The fraction of sp³-hybridized carbons (Fsp3) is 0.286. The Morgan fingerprint density at radius 3 is 2.69 bits per heavy atom. The quantitative estimate of drug-likeness (QED) is 0.654. The average Bonchev–Trinajstić information content (AvgIpc) is 2.51. The first-order valence-electron chi connectivity index (χ1n) is 3.37. The smallest absolute Gasteiger partial charge is 0.159 e. The van der Waals surface area contributed by atoms with Crippen molar-refractivity contribution in [1.82, 2.24) is 19.7 Å². The molecule has 0 N–H and O–H groups in total. The van der Waals surface area contributed by atoms with Gasteiger partial charge in [-0.1, -0.05) is 0 Å². The molecule has 1 rings (SSSR count). The van der Waals surface area contributed by atoms with Gasteiger partial charge in [0.25, 0.3) is 0 Å². The Morgan fingerprint density at radius 1 is 1.62 bits per heavy atom. The largest absolute Gasteiger partial charge is 0.381 e. The first-order chi connectivity index (χ1) is 5.74. The van der Waals surface area contributed by atoms with Crippen molar-refractivity contribution in [2.75, 3.05) is 14.1 Å². The van der Waals surface area contributed by atoms with E-state index < -0.39 is 0 Å². The summed E-state index contributed by atoms with van der Waals surface area (Å²) in [5, 5.41) is 12.5. The molecule has 0 saturated heterocycles. The molecule has 0 unspecified atom stereocenters. The van der Waals surface area contributed by atoms with Crippen LogP contribution in [-0.2, 0) is 0 Å². The Hall–Kier alpha value is -1.54. The number of aromatic nitrogens is 3. The van der Waals surface area contributed by atoms with Gasteiger partial charge in [0.1, 0.15) is 18.7 Å². The van der Waals surface area contributed by atoms with E-state index in [-0.39, 0.29) is 12.4 Å². The van der Waals surface area contributed by atoms with Gasteiger partial charge in [0.2, 0.25) is 0 Å². The van der Waals surface area contributed by atoms with Crippen LogP contribution in [0.25, 0.3) is 5.70 Å². The third-order valence-corrected chi connectivity index (χ3v) is 1.16. The molecule has 70 valence electrons. The number of hydrogen-bond donors (Lipinski definition) is 0. The Bertz CT molecular complexity index is 308. The minimum atomic E-state index is 0. The first kappa shape index (κ1) is 11.5. The molecule has 0 aliphatic rings. The second kappa shape index (κ2) is 5.17. The lowest BCUT2D eigenvalue weighted by Crippen LogP contribution is -2.05. The Kier molecular flexibility index (Phi) is 4.55. The van der Waals surface area contributed by atoms with Gasteiger partial charge in [0.05, 0.1) is 0 Å². The van der Waals surface area contributed by atoms with Crippen LogP contribution in [0, 0.1) is 11.3 Å². The predicted molar refractivity (Wildman–Crippen MR) is 50.8 cm³/mol. The van der Waals surface area contributed by atoms with Crippen molar-refractivity contribution < 1.29 is 0 Å². The highest BCUT2D eigenvalue weighted by molar-refractivity contribution is 5.85. The van der Waals surface area contributed by atoms with E-state index in [1.807, 2.05) is 20.2 Å². The molecule has 0 saturated carbocycles. The minimum Gasteiger partial charge on any atom is -0.381 e. The maximum Gasteiger partial charge on any atom is 0.159 e. The lowest BCUT2D eigenvalue weighted by molar-refractivity contribution is 0.562. The van der Waals surface area contributed by atoms with Crippen LogP contribution < -0.4 is 0 Å². The minimum absolute atomic E-state index is 0. The van der Waals surface area contributed by atoms with Crippen molar-refractivity contribution >= 4 is 18.1 Å². The lowest BCUT2D eigenvalue weighted by Gasteiger charge is -2.05. The Morgan fingerprint density at radius 2 is 2.31 bits per heavy atom. The van der Waals surface area contributed by atoms with Crippen molar-refractivity contribution in [2.45, 2.75) is 0 Å². The normalized spacial score (nSPS) is 10.1. The van der Waals surface area contributed by atoms with E-state index in [9.17, 15) is 0 Å². The molecular formula is C7H10ClN5. The maximum absolute atomic E-state index is 8.71.